The number of ether oxygens (including phenoxy) is 1. The van der Waals surface area contributed by atoms with Crippen molar-refractivity contribution in [2.24, 2.45) is 0 Å². The number of rotatable bonds is 7. The maximum Gasteiger partial charge on any atom is 0.255 e. The molecule has 3 aromatic carbocycles. The fourth-order valence-corrected chi connectivity index (χ4v) is 3.59. The first-order valence-corrected chi connectivity index (χ1v) is 10.1. The highest BCUT2D eigenvalue weighted by Crippen LogP contribution is 2.30. The van der Waals surface area contributed by atoms with Crippen LogP contribution in [-0.4, -0.2) is 12.5 Å². The molecule has 0 atom stereocenters. The summed E-state index contributed by atoms with van der Waals surface area (Å²) < 4.78 is 19.0. The van der Waals surface area contributed by atoms with Gasteiger partial charge < -0.3 is 10.1 Å². The topological polar surface area (TPSA) is 38.3 Å². The van der Waals surface area contributed by atoms with E-state index in [1.54, 1.807) is 36.0 Å². The number of carbonyl (C=O) groups excluding carboxylic acids is 1. The monoisotopic (exact) mass is 415 g/mol. The van der Waals surface area contributed by atoms with E-state index in [1.165, 1.54) is 12.1 Å². The van der Waals surface area contributed by atoms with E-state index in [-0.39, 0.29) is 5.91 Å². The van der Waals surface area contributed by atoms with Gasteiger partial charge in [-0.05, 0) is 67.6 Å². The van der Waals surface area contributed by atoms with Gasteiger partial charge in [0, 0.05) is 32.5 Å². The second-order valence-corrected chi connectivity index (χ2v) is 7.45. The van der Waals surface area contributed by atoms with E-state index in [2.05, 4.69) is 5.32 Å². The van der Waals surface area contributed by atoms with Gasteiger partial charge in [-0.15, -0.1) is 11.8 Å². The molecule has 0 aliphatic carbocycles. The van der Waals surface area contributed by atoms with Crippen LogP contribution in [0.1, 0.15) is 22.8 Å². The summed E-state index contributed by atoms with van der Waals surface area (Å²) in [6.07, 6.45) is 0. The molecule has 3 aromatic rings. The number of carbonyl (C=O) groups is 1. The maximum atomic E-state index is 13.3. The number of thioether (sulfide) groups is 1. The minimum atomic E-state index is -0.399. The number of anilines is 1. The largest absolute Gasteiger partial charge is 0.494 e. The highest BCUT2D eigenvalue weighted by atomic mass is 35.5. The second kappa shape index (κ2) is 9.62. The standard InChI is InChI=1S/C22H19ClFNO2S/c1-2-27-21-11-6-15(22(26)25-19-5-3-4-18(24)13-19)12-16(21)14-28-20-9-7-17(23)8-10-20/h3-13H,2,14H2,1H3,(H,25,26). The van der Waals surface area contributed by atoms with Crippen molar-refractivity contribution in [2.75, 3.05) is 11.9 Å². The van der Waals surface area contributed by atoms with Crippen molar-refractivity contribution >= 4 is 35.0 Å². The molecule has 144 valence electrons. The van der Waals surface area contributed by atoms with Crippen molar-refractivity contribution < 1.29 is 13.9 Å². The Morgan fingerprint density at radius 3 is 2.61 bits per heavy atom. The molecule has 0 aromatic heterocycles. The Morgan fingerprint density at radius 2 is 1.89 bits per heavy atom. The number of nitrogens with one attached hydrogen (secondary N) is 1. The van der Waals surface area contributed by atoms with Gasteiger partial charge in [-0.2, -0.15) is 0 Å². The summed E-state index contributed by atoms with van der Waals surface area (Å²) in [5.74, 6) is 0.681. The van der Waals surface area contributed by atoms with Crippen LogP contribution in [0.5, 0.6) is 5.75 Å². The lowest BCUT2D eigenvalue weighted by molar-refractivity contribution is 0.102. The summed E-state index contributed by atoms with van der Waals surface area (Å²) in [6, 6.07) is 18.7. The van der Waals surface area contributed by atoms with Crippen LogP contribution < -0.4 is 10.1 Å². The Kier molecular flexibility index (Phi) is 6.95. The van der Waals surface area contributed by atoms with Gasteiger partial charge in [0.2, 0.25) is 0 Å². The molecular formula is C22H19ClFNO2S. The van der Waals surface area contributed by atoms with E-state index < -0.39 is 5.82 Å². The number of hydrogen-bond acceptors (Lipinski definition) is 3. The van der Waals surface area contributed by atoms with Gasteiger partial charge in [-0.25, -0.2) is 4.39 Å². The maximum absolute atomic E-state index is 13.3. The van der Waals surface area contributed by atoms with E-state index in [4.69, 9.17) is 16.3 Å². The van der Waals surface area contributed by atoms with Crippen LogP contribution in [0.15, 0.2) is 71.6 Å². The van der Waals surface area contributed by atoms with Crippen LogP contribution in [0.2, 0.25) is 5.02 Å². The predicted molar refractivity (Wildman–Crippen MR) is 113 cm³/mol. The van der Waals surface area contributed by atoms with Crippen LogP contribution >= 0.6 is 23.4 Å². The quantitative estimate of drug-likeness (QED) is 0.452. The first-order chi connectivity index (χ1) is 13.5. The summed E-state index contributed by atoms with van der Waals surface area (Å²) in [4.78, 5) is 13.6. The van der Waals surface area contributed by atoms with Gasteiger partial charge in [0.1, 0.15) is 11.6 Å². The Balaban J connectivity index is 1.77. The minimum Gasteiger partial charge on any atom is -0.494 e. The molecule has 6 heteroatoms. The van der Waals surface area contributed by atoms with Crippen molar-refractivity contribution in [3.8, 4) is 5.75 Å². The molecule has 1 N–H and O–H groups in total. The zero-order chi connectivity index (χ0) is 19.9. The molecule has 3 rings (SSSR count). The Hall–Kier alpha value is -2.50. The summed E-state index contributed by atoms with van der Waals surface area (Å²) in [5, 5.41) is 3.41. The van der Waals surface area contributed by atoms with Crippen molar-refractivity contribution in [2.45, 2.75) is 17.6 Å². The Bertz CT molecular complexity index is 963. The predicted octanol–water partition coefficient (Wildman–Crippen LogP) is 6.42. The molecule has 0 saturated heterocycles. The third-order valence-corrected chi connectivity index (χ3v) is 5.23. The van der Waals surface area contributed by atoms with Gasteiger partial charge in [0.25, 0.3) is 5.91 Å². The van der Waals surface area contributed by atoms with E-state index in [1.807, 2.05) is 37.3 Å². The van der Waals surface area contributed by atoms with Crippen LogP contribution in [0.25, 0.3) is 0 Å². The number of benzene rings is 3. The zero-order valence-corrected chi connectivity index (χ0v) is 16.8. The molecule has 0 aliphatic rings. The third kappa shape index (κ3) is 5.50. The fourth-order valence-electron chi connectivity index (χ4n) is 2.59. The lowest BCUT2D eigenvalue weighted by Gasteiger charge is -2.12. The van der Waals surface area contributed by atoms with E-state index in [0.717, 1.165) is 16.2 Å². The number of halogens is 2. The molecule has 1 amide bonds. The summed E-state index contributed by atoms with van der Waals surface area (Å²) in [5.41, 5.74) is 1.81. The van der Waals surface area contributed by atoms with Gasteiger partial charge >= 0.3 is 0 Å². The summed E-state index contributed by atoms with van der Waals surface area (Å²) in [6.45, 7) is 2.45. The average Bonchev–Trinajstić information content (AvgIpc) is 2.68. The van der Waals surface area contributed by atoms with Crippen molar-refractivity contribution in [3.63, 3.8) is 0 Å². The number of amides is 1. The molecule has 0 spiro atoms. The molecule has 0 aliphatic heterocycles. The van der Waals surface area contributed by atoms with Crippen molar-refractivity contribution in [1.82, 2.24) is 0 Å². The highest BCUT2D eigenvalue weighted by molar-refractivity contribution is 7.98. The molecule has 0 saturated carbocycles. The normalized spacial score (nSPS) is 10.5. The first-order valence-electron chi connectivity index (χ1n) is 8.76. The average molecular weight is 416 g/mol. The molecule has 0 heterocycles. The van der Waals surface area contributed by atoms with E-state index in [9.17, 15) is 9.18 Å². The zero-order valence-electron chi connectivity index (χ0n) is 15.2. The van der Waals surface area contributed by atoms with Crippen LogP contribution in [-0.2, 0) is 5.75 Å². The Labute approximate surface area is 172 Å². The van der Waals surface area contributed by atoms with Crippen LogP contribution in [0.3, 0.4) is 0 Å². The smallest absolute Gasteiger partial charge is 0.255 e. The molecule has 0 unspecified atom stereocenters. The number of hydrogen-bond donors (Lipinski definition) is 1. The Morgan fingerprint density at radius 1 is 1.11 bits per heavy atom. The van der Waals surface area contributed by atoms with Crippen molar-refractivity contribution in [3.05, 3.63) is 88.7 Å². The van der Waals surface area contributed by atoms with Crippen LogP contribution in [0.4, 0.5) is 10.1 Å². The fraction of sp³-hybridized carbons (Fsp3) is 0.136. The molecule has 28 heavy (non-hydrogen) atoms. The van der Waals surface area contributed by atoms with Gasteiger partial charge in [0.05, 0.1) is 6.61 Å². The van der Waals surface area contributed by atoms with Crippen molar-refractivity contribution in [1.29, 1.82) is 0 Å². The molecule has 0 radical (unpaired) electrons. The van der Waals surface area contributed by atoms with E-state index >= 15 is 0 Å². The first kappa shape index (κ1) is 20.2. The summed E-state index contributed by atoms with van der Waals surface area (Å²) >= 11 is 7.56. The van der Waals surface area contributed by atoms with Gasteiger partial charge in [-0.3, -0.25) is 4.79 Å². The second-order valence-electron chi connectivity index (χ2n) is 5.96. The third-order valence-electron chi connectivity index (χ3n) is 3.91. The molecule has 3 nitrogen and oxygen atoms in total. The van der Waals surface area contributed by atoms with Crippen LogP contribution in [0, 0.1) is 5.82 Å². The minimum absolute atomic E-state index is 0.300. The van der Waals surface area contributed by atoms with Gasteiger partial charge in [-0.1, -0.05) is 17.7 Å². The molecular weight excluding hydrogens is 397 g/mol. The SMILES string of the molecule is CCOc1ccc(C(=O)Nc2cccc(F)c2)cc1CSc1ccc(Cl)cc1. The lowest BCUT2D eigenvalue weighted by atomic mass is 10.1. The van der Waals surface area contributed by atoms with Gasteiger partial charge in [0.15, 0.2) is 0 Å². The molecule has 0 fully saturated rings. The lowest BCUT2D eigenvalue weighted by Crippen LogP contribution is -2.12. The summed E-state index contributed by atoms with van der Waals surface area (Å²) in [7, 11) is 0. The van der Waals surface area contributed by atoms with E-state index in [0.29, 0.717) is 28.6 Å². The highest BCUT2D eigenvalue weighted by Gasteiger charge is 2.12. The molecule has 0 bridgehead atoms.